The molecule has 0 aromatic rings. The fourth-order valence-corrected chi connectivity index (χ4v) is 2.61. The Morgan fingerprint density at radius 3 is 1.25 bits per heavy atom. The highest BCUT2D eigenvalue weighted by Gasteiger charge is 2.32. The number of carbonyl (C=O) groups is 2. The van der Waals surface area contributed by atoms with Crippen LogP contribution in [0.1, 0.15) is 67.2 Å². The molecule has 1 aliphatic rings. The van der Waals surface area contributed by atoms with E-state index in [2.05, 4.69) is 41.5 Å². The van der Waals surface area contributed by atoms with Gasteiger partial charge in [0.2, 0.25) is 0 Å². The summed E-state index contributed by atoms with van der Waals surface area (Å²) in [6.45, 7) is 13.7. The molecule has 0 N–H and O–H groups in total. The van der Waals surface area contributed by atoms with E-state index in [9.17, 15) is 9.59 Å². The molecule has 0 bridgehead atoms. The van der Waals surface area contributed by atoms with Gasteiger partial charge in [-0.3, -0.25) is 9.59 Å². The highest BCUT2D eigenvalue weighted by atomic mass is 16.5. The highest BCUT2D eigenvalue weighted by Crippen LogP contribution is 2.31. The predicted octanol–water partition coefficient (Wildman–Crippen LogP) is 4.46. The maximum Gasteiger partial charge on any atom is 0.308 e. The Kier molecular flexibility index (Phi) is 8.79. The number of carbonyl (C=O) groups excluding carboxylic acids is 2. The second-order valence-corrected chi connectivity index (χ2v) is 8.25. The lowest BCUT2D eigenvalue weighted by Crippen LogP contribution is -2.30. The summed E-state index contributed by atoms with van der Waals surface area (Å²) in [5.74, 6) is 1.48. The maximum atomic E-state index is 12.2. The van der Waals surface area contributed by atoms with Crippen LogP contribution in [0.5, 0.6) is 0 Å². The van der Waals surface area contributed by atoms with Crippen molar-refractivity contribution in [2.24, 2.45) is 35.5 Å². The smallest absolute Gasteiger partial charge is 0.308 e. The molecule has 0 amide bonds. The van der Waals surface area contributed by atoms with Crippen LogP contribution in [0.2, 0.25) is 0 Å². The highest BCUT2D eigenvalue weighted by molar-refractivity contribution is 5.75. The first-order valence-electron chi connectivity index (χ1n) is 9.55. The number of esters is 2. The van der Waals surface area contributed by atoms with Crippen LogP contribution in [0.15, 0.2) is 0 Å². The lowest BCUT2D eigenvalue weighted by molar-refractivity contribution is -0.156. The molecule has 1 fully saturated rings. The molecule has 1 saturated carbocycles. The van der Waals surface area contributed by atoms with Crippen LogP contribution in [0.3, 0.4) is 0 Å². The molecule has 1 rings (SSSR count). The number of ether oxygens (including phenoxy) is 2. The molecule has 1 aliphatic carbocycles. The van der Waals surface area contributed by atoms with Crippen molar-refractivity contribution in [2.45, 2.75) is 67.2 Å². The third-order valence-electron chi connectivity index (χ3n) is 5.65. The van der Waals surface area contributed by atoms with E-state index in [1.807, 2.05) is 0 Å². The van der Waals surface area contributed by atoms with Gasteiger partial charge in [-0.2, -0.15) is 0 Å². The Balaban J connectivity index is 2.30. The minimum absolute atomic E-state index is 0.0528. The first-order chi connectivity index (χ1) is 11.2. The van der Waals surface area contributed by atoms with Gasteiger partial charge >= 0.3 is 11.9 Å². The molecule has 0 heterocycles. The normalized spacial score (nSPS) is 23.8. The summed E-state index contributed by atoms with van der Waals surface area (Å²) in [5, 5.41) is 0. The monoisotopic (exact) mass is 340 g/mol. The van der Waals surface area contributed by atoms with Gasteiger partial charge in [0.25, 0.3) is 0 Å². The van der Waals surface area contributed by atoms with E-state index in [1.54, 1.807) is 0 Å². The average molecular weight is 341 g/mol. The van der Waals surface area contributed by atoms with Crippen molar-refractivity contribution in [3.63, 3.8) is 0 Å². The van der Waals surface area contributed by atoms with Crippen molar-refractivity contribution in [1.82, 2.24) is 0 Å². The van der Waals surface area contributed by atoms with Crippen LogP contribution in [-0.4, -0.2) is 25.2 Å². The summed E-state index contributed by atoms with van der Waals surface area (Å²) in [4.78, 5) is 24.3. The van der Waals surface area contributed by atoms with Crippen LogP contribution in [0.25, 0.3) is 0 Å². The Bertz CT molecular complexity index is 356. The van der Waals surface area contributed by atoms with Gasteiger partial charge in [0.1, 0.15) is 0 Å². The summed E-state index contributed by atoms with van der Waals surface area (Å²) in [6.07, 6.45) is 2.92. The van der Waals surface area contributed by atoms with Gasteiger partial charge in [-0.15, -0.1) is 0 Å². The summed E-state index contributed by atoms with van der Waals surface area (Å²) in [7, 11) is 0. The summed E-state index contributed by atoms with van der Waals surface area (Å²) in [6, 6.07) is 0. The molecular weight excluding hydrogens is 304 g/mol. The van der Waals surface area contributed by atoms with Crippen LogP contribution < -0.4 is 0 Å². The zero-order chi connectivity index (χ0) is 18.3. The van der Waals surface area contributed by atoms with E-state index in [1.165, 1.54) is 0 Å². The van der Waals surface area contributed by atoms with Crippen LogP contribution in [0, 0.1) is 35.5 Å². The number of hydrogen-bond donors (Lipinski definition) is 0. The van der Waals surface area contributed by atoms with Crippen LogP contribution in [-0.2, 0) is 19.1 Å². The quantitative estimate of drug-likeness (QED) is 0.612. The minimum Gasteiger partial charge on any atom is -0.465 e. The van der Waals surface area contributed by atoms with Gasteiger partial charge < -0.3 is 9.47 Å². The van der Waals surface area contributed by atoms with E-state index in [-0.39, 0.29) is 23.8 Å². The minimum atomic E-state index is -0.0947. The van der Waals surface area contributed by atoms with Crippen molar-refractivity contribution in [3.05, 3.63) is 0 Å². The molecule has 0 spiro atoms. The number of hydrogen-bond acceptors (Lipinski definition) is 4. The van der Waals surface area contributed by atoms with Gasteiger partial charge in [-0.05, 0) is 49.4 Å². The number of rotatable bonds is 8. The zero-order valence-electron chi connectivity index (χ0n) is 16.3. The second kappa shape index (κ2) is 10.0. The van der Waals surface area contributed by atoms with E-state index in [0.29, 0.717) is 36.9 Å². The molecular formula is C20H36O4. The topological polar surface area (TPSA) is 52.6 Å². The standard InChI is InChI=1S/C20H36O4/c1-13(2)15(5)11-23-19(21)17-7-9-18(10-8-17)20(22)24-12-16(6)14(3)4/h13-18H,7-12H2,1-6H3. The molecule has 2 unspecified atom stereocenters. The molecule has 0 aromatic heterocycles. The molecule has 24 heavy (non-hydrogen) atoms. The molecule has 0 aromatic carbocycles. The van der Waals surface area contributed by atoms with Crippen molar-refractivity contribution < 1.29 is 19.1 Å². The summed E-state index contributed by atoms with van der Waals surface area (Å²) in [5.41, 5.74) is 0. The first kappa shape index (κ1) is 21.0. The Hall–Kier alpha value is -1.06. The lowest BCUT2D eigenvalue weighted by atomic mass is 9.82. The third kappa shape index (κ3) is 6.82. The Morgan fingerprint density at radius 1 is 0.708 bits per heavy atom. The fourth-order valence-electron chi connectivity index (χ4n) is 2.61. The van der Waals surface area contributed by atoms with Crippen LogP contribution >= 0.6 is 0 Å². The Labute approximate surface area is 147 Å². The maximum absolute atomic E-state index is 12.2. The van der Waals surface area contributed by atoms with Crippen molar-refractivity contribution >= 4 is 11.9 Å². The lowest BCUT2D eigenvalue weighted by Gasteiger charge is -2.27. The first-order valence-corrected chi connectivity index (χ1v) is 9.55. The van der Waals surface area contributed by atoms with Crippen LogP contribution in [0.4, 0.5) is 0 Å². The largest absolute Gasteiger partial charge is 0.465 e. The Morgan fingerprint density at radius 2 is 1.00 bits per heavy atom. The molecule has 4 nitrogen and oxygen atoms in total. The zero-order valence-corrected chi connectivity index (χ0v) is 16.3. The van der Waals surface area contributed by atoms with Gasteiger partial charge in [0, 0.05) is 0 Å². The molecule has 140 valence electrons. The van der Waals surface area contributed by atoms with Crippen molar-refractivity contribution in [2.75, 3.05) is 13.2 Å². The fraction of sp³-hybridized carbons (Fsp3) is 0.900. The molecule has 0 saturated heterocycles. The summed E-state index contributed by atoms with van der Waals surface area (Å²) >= 11 is 0. The second-order valence-electron chi connectivity index (χ2n) is 8.25. The van der Waals surface area contributed by atoms with Gasteiger partial charge in [-0.1, -0.05) is 41.5 Å². The molecule has 2 atom stereocenters. The van der Waals surface area contributed by atoms with Crippen molar-refractivity contribution in [3.8, 4) is 0 Å². The third-order valence-corrected chi connectivity index (χ3v) is 5.65. The average Bonchev–Trinajstić information content (AvgIpc) is 2.56. The predicted molar refractivity (Wildman–Crippen MR) is 95.4 cm³/mol. The molecule has 4 heteroatoms. The van der Waals surface area contributed by atoms with Crippen molar-refractivity contribution in [1.29, 1.82) is 0 Å². The van der Waals surface area contributed by atoms with E-state index in [4.69, 9.17) is 9.47 Å². The molecule has 0 aliphatic heterocycles. The van der Waals surface area contributed by atoms with Gasteiger partial charge in [0.05, 0.1) is 25.0 Å². The van der Waals surface area contributed by atoms with E-state index >= 15 is 0 Å². The molecule has 0 radical (unpaired) electrons. The summed E-state index contributed by atoms with van der Waals surface area (Å²) < 4.78 is 10.9. The van der Waals surface area contributed by atoms with E-state index in [0.717, 1.165) is 25.7 Å². The van der Waals surface area contributed by atoms with Gasteiger partial charge in [0.15, 0.2) is 0 Å². The van der Waals surface area contributed by atoms with Gasteiger partial charge in [-0.25, -0.2) is 0 Å². The van der Waals surface area contributed by atoms with E-state index < -0.39 is 0 Å². The SMILES string of the molecule is CC(C)C(C)COC(=O)C1CCC(C(=O)OCC(C)C(C)C)CC1.